The fourth-order valence-electron chi connectivity index (χ4n) is 2.58. The van der Waals surface area contributed by atoms with Gasteiger partial charge >= 0.3 is 6.18 Å². The highest BCUT2D eigenvalue weighted by Crippen LogP contribution is 2.32. The molecule has 3 nitrogen and oxygen atoms in total. The lowest BCUT2D eigenvalue weighted by molar-refractivity contribution is -0.141. The molecule has 0 aromatic carbocycles. The average molecular weight is 295 g/mol. The molecule has 0 bridgehead atoms. The molecule has 0 aliphatic carbocycles. The van der Waals surface area contributed by atoms with E-state index in [-0.39, 0.29) is 5.92 Å². The maximum absolute atomic E-state index is 12.9. The van der Waals surface area contributed by atoms with Gasteiger partial charge in [0.1, 0.15) is 17.2 Å². The van der Waals surface area contributed by atoms with Crippen LogP contribution < -0.4 is 5.32 Å². The van der Waals surface area contributed by atoms with Gasteiger partial charge in [-0.3, -0.25) is 4.57 Å². The molecule has 0 amide bonds. The van der Waals surface area contributed by atoms with Crippen molar-refractivity contribution in [2.45, 2.75) is 32.4 Å². The third kappa shape index (κ3) is 2.39. The highest BCUT2D eigenvalue weighted by atomic mass is 19.4. The van der Waals surface area contributed by atoms with Crippen molar-refractivity contribution in [2.75, 3.05) is 6.54 Å². The Morgan fingerprint density at radius 1 is 1.29 bits per heavy atom. The molecule has 1 aliphatic heterocycles. The van der Waals surface area contributed by atoms with Crippen LogP contribution in [0.15, 0.2) is 24.3 Å². The normalized spacial score (nSPS) is 15.6. The summed E-state index contributed by atoms with van der Waals surface area (Å²) < 4.78 is 40.5. The number of hydrogen-bond acceptors (Lipinski definition) is 2. The Kier molecular flexibility index (Phi) is 3.19. The number of pyridine rings is 1. The summed E-state index contributed by atoms with van der Waals surface area (Å²) in [7, 11) is 0. The lowest BCUT2D eigenvalue weighted by atomic mass is 10.1. The van der Waals surface area contributed by atoms with Gasteiger partial charge in [-0.05, 0) is 36.6 Å². The Labute approximate surface area is 120 Å². The molecule has 0 saturated carbocycles. The maximum Gasteiger partial charge on any atom is 0.433 e. The molecule has 0 atom stereocenters. The van der Waals surface area contributed by atoms with Gasteiger partial charge in [-0.15, -0.1) is 0 Å². The number of nitrogens with one attached hydrogen (secondary N) is 1. The van der Waals surface area contributed by atoms with Gasteiger partial charge in [-0.1, -0.05) is 13.8 Å². The topological polar surface area (TPSA) is 29.9 Å². The van der Waals surface area contributed by atoms with Crippen molar-refractivity contribution in [1.82, 2.24) is 14.9 Å². The summed E-state index contributed by atoms with van der Waals surface area (Å²) in [6.45, 7) is 4.83. The van der Waals surface area contributed by atoms with Crippen molar-refractivity contribution in [3.63, 3.8) is 0 Å². The average Bonchev–Trinajstić information content (AvgIpc) is 3.03. The van der Waals surface area contributed by atoms with Crippen molar-refractivity contribution >= 4 is 16.9 Å². The van der Waals surface area contributed by atoms with E-state index in [0.717, 1.165) is 35.9 Å². The summed E-state index contributed by atoms with van der Waals surface area (Å²) in [5, 5.41) is 3.93. The zero-order valence-electron chi connectivity index (χ0n) is 11.8. The molecule has 3 heterocycles. The van der Waals surface area contributed by atoms with Gasteiger partial charge < -0.3 is 5.32 Å². The van der Waals surface area contributed by atoms with Crippen LogP contribution in [0.3, 0.4) is 0 Å². The predicted octanol–water partition coefficient (Wildman–Crippen LogP) is 3.97. The van der Waals surface area contributed by atoms with E-state index in [4.69, 9.17) is 0 Å². The Morgan fingerprint density at radius 2 is 2.05 bits per heavy atom. The number of hydrogen-bond donors (Lipinski definition) is 1. The van der Waals surface area contributed by atoms with Crippen molar-refractivity contribution in [1.29, 1.82) is 0 Å². The van der Waals surface area contributed by atoms with E-state index in [2.05, 4.69) is 10.3 Å². The van der Waals surface area contributed by atoms with Crippen LogP contribution in [0, 0.1) is 0 Å². The molecule has 1 aliphatic rings. The number of aromatic nitrogens is 2. The molecule has 112 valence electrons. The summed E-state index contributed by atoms with van der Waals surface area (Å²) in [5.74, 6) is 1.01. The van der Waals surface area contributed by atoms with E-state index in [1.165, 1.54) is 6.07 Å². The van der Waals surface area contributed by atoms with E-state index in [1.54, 1.807) is 0 Å². The fraction of sp³-hybridized carbons (Fsp3) is 0.400. The van der Waals surface area contributed by atoms with Crippen LogP contribution >= 0.6 is 0 Å². The Hall–Kier alpha value is -1.98. The van der Waals surface area contributed by atoms with Crippen molar-refractivity contribution < 1.29 is 13.2 Å². The summed E-state index contributed by atoms with van der Waals surface area (Å²) >= 11 is 0. The first-order valence-corrected chi connectivity index (χ1v) is 6.92. The molecule has 3 rings (SSSR count). The van der Waals surface area contributed by atoms with Crippen LogP contribution in [0.2, 0.25) is 0 Å². The lowest BCUT2D eigenvalue weighted by Crippen LogP contribution is -2.16. The van der Waals surface area contributed by atoms with Crippen LogP contribution in [0.4, 0.5) is 13.2 Å². The van der Waals surface area contributed by atoms with E-state index in [9.17, 15) is 13.2 Å². The summed E-state index contributed by atoms with van der Waals surface area (Å²) in [5.41, 5.74) is 0.454. The van der Waals surface area contributed by atoms with E-state index in [0.29, 0.717) is 5.65 Å². The minimum atomic E-state index is -4.43. The first-order valence-electron chi connectivity index (χ1n) is 6.92. The molecule has 0 unspecified atom stereocenters. The van der Waals surface area contributed by atoms with Gasteiger partial charge in [0.2, 0.25) is 0 Å². The molecule has 2 aromatic rings. The second kappa shape index (κ2) is 4.79. The van der Waals surface area contributed by atoms with Crippen LogP contribution in [-0.2, 0) is 6.18 Å². The van der Waals surface area contributed by atoms with E-state index < -0.39 is 11.9 Å². The summed E-state index contributed by atoms with van der Waals surface area (Å²) in [6.07, 6.45) is -1.57. The second-order valence-electron chi connectivity index (χ2n) is 5.47. The Morgan fingerprint density at radius 3 is 2.62 bits per heavy atom. The smallest absolute Gasteiger partial charge is 0.371 e. The fourth-order valence-corrected chi connectivity index (χ4v) is 2.58. The Balaban J connectivity index is 2.26. The molecule has 21 heavy (non-hydrogen) atoms. The summed E-state index contributed by atoms with van der Waals surface area (Å²) in [6, 6.07) is 4.43. The minimum Gasteiger partial charge on any atom is -0.371 e. The monoisotopic (exact) mass is 295 g/mol. The van der Waals surface area contributed by atoms with E-state index in [1.807, 2.05) is 30.6 Å². The quantitative estimate of drug-likeness (QED) is 0.908. The molecular formula is C15H16F3N3. The molecule has 2 aromatic heterocycles. The van der Waals surface area contributed by atoms with Gasteiger partial charge in [-0.25, -0.2) is 4.98 Å². The van der Waals surface area contributed by atoms with Crippen LogP contribution in [0.5, 0.6) is 0 Å². The number of rotatable bonds is 2. The van der Waals surface area contributed by atoms with Crippen molar-refractivity contribution in [3.05, 3.63) is 35.7 Å². The highest BCUT2D eigenvalue weighted by molar-refractivity contribution is 5.82. The van der Waals surface area contributed by atoms with Crippen LogP contribution in [0.25, 0.3) is 16.9 Å². The standard InChI is InChI=1S/C15H16F3N3/c1-9(2)11-8-10-5-6-12(15(16,17)18)20-14(10)21(11)13-4-3-7-19-13/h4-6,8-9,19H,3,7H2,1-2H3. The number of nitrogens with zero attached hydrogens (tertiary/aromatic N) is 2. The summed E-state index contributed by atoms with van der Waals surface area (Å²) in [4.78, 5) is 3.85. The third-order valence-electron chi connectivity index (χ3n) is 3.59. The van der Waals surface area contributed by atoms with Gasteiger partial charge in [0.25, 0.3) is 0 Å². The molecule has 0 saturated heterocycles. The van der Waals surface area contributed by atoms with E-state index >= 15 is 0 Å². The zero-order valence-corrected chi connectivity index (χ0v) is 11.8. The molecule has 0 radical (unpaired) electrons. The first kappa shape index (κ1) is 14.0. The third-order valence-corrected chi connectivity index (χ3v) is 3.59. The molecule has 6 heteroatoms. The Bertz CT molecular complexity index is 711. The number of halogens is 3. The van der Waals surface area contributed by atoms with Crippen LogP contribution in [0.1, 0.15) is 37.6 Å². The van der Waals surface area contributed by atoms with Gasteiger partial charge in [0.05, 0.1) is 0 Å². The zero-order chi connectivity index (χ0) is 15.2. The first-order chi connectivity index (χ1) is 9.88. The molecule has 0 fully saturated rings. The predicted molar refractivity (Wildman–Crippen MR) is 75.7 cm³/mol. The maximum atomic E-state index is 12.9. The SMILES string of the molecule is CC(C)c1cc2ccc(C(F)(F)F)nc2n1C1=CCCN1. The second-order valence-corrected chi connectivity index (χ2v) is 5.47. The highest BCUT2D eigenvalue weighted by Gasteiger charge is 2.33. The van der Waals surface area contributed by atoms with Crippen molar-refractivity contribution in [3.8, 4) is 0 Å². The largest absolute Gasteiger partial charge is 0.433 e. The number of fused-ring (bicyclic) bond motifs is 1. The van der Waals surface area contributed by atoms with Gasteiger partial charge in [0.15, 0.2) is 0 Å². The minimum absolute atomic E-state index is 0.192. The number of alkyl halides is 3. The van der Waals surface area contributed by atoms with Crippen LogP contribution in [-0.4, -0.2) is 16.1 Å². The lowest BCUT2D eigenvalue weighted by Gasteiger charge is -2.15. The molecule has 1 N–H and O–H groups in total. The molecular weight excluding hydrogens is 279 g/mol. The van der Waals surface area contributed by atoms with Gasteiger partial charge in [-0.2, -0.15) is 13.2 Å². The van der Waals surface area contributed by atoms with Gasteiger partial charge in [0, 0.05) is 17.6 Å². The molecule has 0 spiro atoms. The van der Waals surface area contributed by atoms with Crippen molar-refractivity contribution in [2.24, 2.45) is 0 Å².